The molecule has 4 aromatic carbocycles. The summed E-state index contributed by atoms with van der Waals surface area (Å²) in [6, 6.07) is 39.2. The zero-order valence-electron chi connectivity index (χ0n) is 16.6. The van der Waals surface area contributed by atoms with E-state index in [4.69, 9.17) is 0 Å². The fourth-order valence-electron chi connectivity index (χ4n) is 3.98. The van der Waals surface area contributed by atoms with Gasteiger partial charge in [-0.1, -0.05) is 91.0 Å². The summed E-state index contributed by atoms with van der Waals surface area (Å²) >= 11 is 0. The standard InChI is InChI=1S/C28H22NO/c30-20-27-18-26-17-25(15-16-28(26)29(27)19-21-7-3-1-4-8-21)24-13-11-23(12-14-24)22-9-5-2-6-10-22/h1-17,30H,19-20H2. The lowest BCUT2D eigenvalue weighted by atomic mass is 9.99. The summed E-state index contributed by atoms with van der Waals surface area (Å²) in [6.45, 7) is 0.699. The second kappa shape index (κ2) is 8.02. The fourth-order valence-corrected chi connectivity index (χ4v) is 3.98. The van der Waals surface area contributed by atoms with Gasteiger partial charge in [0.2, 0.25) is 0 Å². The summed E-state index contributed by atoms with van der Waals surface area (Å²) in [7, 11) is 0. The molecule has 0 saturated heterocycles. The number of hydrogen-bond acceptors (Lipinski definition) is 1. The molecule has 0 bridgehead atoms. The third-order valence-electron chi connectivity index (χ3n) is 5.55. The maximum absolute atomic E-state index is 9.87. The highest BCUT2D eigenvalue weighted by atomic mass is 16.3. The molecular weight excluding hydrogens is 366 g/mol. The van der Waals surface area contributed by atoms with Crippen molar-refractivity contribution >= 4 is 10.9 Å². The molecule has 5 aromatic rings. The van der Waals surface area contributed by atoms with Crippen molar-refractivity contribution in [2.24, 2.45) is 0 Å². The van der Waals surface area contributed by atoms with Crippen molar-refractivity contribution in [1.82, 2.24) is 4.57 Å². The summed E-state index contributed by atoms with van der Waals surface area (Å²) in [5, 5.41) is 10.9. The van der Waals surface area contributed by atoms with Crippen molar-refractivity contribution in [1.29, 1.82) is 0 Å². The van der Waals surface area contributed by atoms with Gasteiger partial charge in [0, 0.05) is 23.5 Å². The van der Waals surface area contributed by atoms with Crippen LogP contribution in [0.3, 0.4) is 0 Å². The zero-order chi connectivity index (χ0) is 20.3. The van der Waals surface area contributed by atoms with Crippen LogP contribution in [-0.2, 0) is 13.2 Å². The molecule has 0 fully saturated rings. The summed E-state index contributed by atoms with van der Waals surface area (Å²) in [5.74, 6) is 0. The summed E-state index contributed by atoms with van der Waals surface area (Å²) in [5.41, 5.74) is 7.87. The van der Waals surface area contributed by atoms with Gasteiger partial charge in [-0.15, -0.1) is 0 Å². The highest BCUT2D eigenvalue weighted by molar-refractivity contribution is 5.86. The number of aliphatic hydroxyl groups is 1. The van der Waals surface area contributed by atoms with E-state index in [0.717, 1.165) is 28.7 Å². The van der Waals surface area contributed by atoms with Crippen LogP contribution >= 0.6 is 0 Å². The molecule has 2 heteroatoms. The zero-order valence-corrected chi connectivity index (χ0v) is 16.6. The number of aliphatic hydroxyl groups excluding tert-OH is 1. The van der Waals surface area contributed by atoms with Gasteiger partial charge in [0.05, 0.1) is 12.3 Å². The minimum atomic E-state index is -0.0252. The highest BCUT2D eigenvalue weighted by Crippen LogP contribution is 2.29. The molecule has 1 aromatic heterocycles. The van der Waals surface area contributed by atoms with Gasteiger partial charge in [0.25, 0.3) is 0 Å². The van der Waals surface area contributed by atoms with Crippen molar-refractivity contribution in [3.63, 3.8) is 0 Å². The maximum atomic E-state index is 9.87. The largest absolute Gasteiger partial charge is 0.390 e. The topological polar surface area (TPSA) is 25.2 Å². The van der Waals surface area contributed by atoms with Crippen LogP contribution in [0.1, 0.15) is 11.3 Å². The second-order valence-corrected chi connectivity index (χ2v) is 7.48. The van der Waals surface area contributed by atoms with E-state index >= 15 is 0 Å². The lowest BCUT2D eigenvalue weighted by molar-refractivity contribution is 0.272. The Balaban J connectivity index is 1.49. The van der Waals surface area contributed by atoms with E-state index in [9.17, 15) is 5.11 Å². The maximum Gasteiger partial charge on any atom is 0.0839 e. The Hall–Kier alpha value is -3.62. The first-order valence-electron chi connectivity index (χ1n) is 10.2. The van der Waals surface area contributed by atoms with Crippen LogP contribution in [0, 0.1) is 6.07 Å². The Morgan fingerprint density at radius 1 is 0.633 bits per heavy atom. The van der Waals surface area contributed by atoms with E-state index in [1.807, 2.05) is 24.3 Å². The molecule has 145 valence electrons. The normalized spacial score (nSPS) is 11.1. The molecule has 5 rings (SSSR count). The minimum absolute atomic E-state index is 0.0252. The van der Waals surface area contributed by atoms with Gasteiger partial charge >= 0.3 is 0 Å². The third-order valence-corrected chi connectivity index (χ3v) is 5.55. The molecule has 0 aliphatic carbocycles. The van der Waals surface area contributed by atoms with Crippen LogP contribution in [0.25, 0.3) is 33.2 Å². The fraction of sp³-hybridized carbons (Fsp3) is 0.0714. The summed E-state index contributed by atoms with van der Waals surface area (Å²) in [4.78, 5) is 0. The molecule has 0 aliphatic rings. The number of fused-ring (bicyclic) bond motifs is 1. The van der Waals surface area contributed by atoms with Crippen molar-refractivity contribution in [2.75, 3.05) is 0 Å². The molecule has 1 N–H and O–H groups in total. The highest BCUT2D eigenvalue weighted by Gasteiger charge is 2.11. The summed E-state index contributed by atoms with van der Waals surface area (Å²) < 4.78 is 2.15. The third kappa shape index (κ3) is 3.54. The molecule has 0 unspecified atom stereocenters. The first-order valence-corrected chi connectivity index (χ1v) is 10.2. The Kier molecular flexibility index (Phi) is 4.92. The van der Waals surface area contributed by atoms with Crippen molar-refractivity contribution in [3.05, 3.63) is 120 Å². The second-order valence-electron chi connectivity index (χ2n) is 7.48. The van der Waals surface area contributed by atoms with Gasteiger partial charge in [-0.25, -0.2) is 0 Å². The first kappa shape index (κ1) is 18.4. The molecule has 1 radical (unpaired) electrons. The Morgan fingerprint density at radius 2 is 1.20 bits per heavy atom. The number of rotatable bonds is 5. The van der Waals surface area contributed by atoms with E-state index in [1.165, 1.54) is 22.3 Å². The average Bonchev–Trinajstić information content (AvgIpc) is 3.17. The van der Waals surface area contributed by atoms with E-state index in [1.54, 1.807) is 0 Å². The molecular formula is C28H22NO. The van der Waals surface area contributed by atoms with Gasteiger partial charge in [0.15, 0.2) is 0 Å². The molecule has 1 heterocycles. The number of nitrogens with zero attached hydrogens (tertiary/aromatic N) is 1. The number of hydrogen-bond donors (Lipinski definition) is 1. The van der Waals surface area contributed by atoms with Crippen LogP contribution in [0.2, 0.25) is 0 Å². The van der Waals surface area contributed by atoms with Crippen molar-refractivity contribution in [2.45, 2.75) is 13.2 Å². The van der Waals surface area contributed by atoms with Gasteiger partial charge in [0.1, 0.15) is 0 Å². The SMILES string of the molecule is OCc1[c]c2cc(-c3ccc(-c4ccccc4)cc3)ccc2n1Cc1ccccc1. The van der Waals surface area contributed by atoms with Crippen molar-refractivity contribution < 1.29 is 5.11 Å². The molecule has 2 nitrogen and oxygen atoms in total. The first-order chi connectivity index (χ1) is 14.8. The van der Waals surface area contributed by atoms with E-state index in [2.05, 4.69) is 89.5 Å². The molecule has 0 saturated carbocycles. The van der Waals surface area contributed by atoms with Crippen LogP contribution in [0.5, 0.6) is 0 Å². The van der Waals surface area contributed by atoms with Gasteiger partial charge in [-0.3, -0.25) is 0 Å². The van der Waals surface area contributed by atoms with E-state index < -0.39 is 0 Å². The Labute approximate surface area is 176 Å². The van der Waals surface area contributed by atoms with Crippen LogP contribution < -0.4 is 0 Å². The van der Waals surface area contributed by atoms with Crippen LogP contribution in [0.4, 0.5) is 0 Å². The van der Waals surface area contributed by atoms with E-state index in [0.29, 0.717) is 0 Å². The Morgan fingerprint density at radius 3 is 1.87 bits per heavy atom. The molecule has 30 heavy (non-hydrogen) atoms. The number of aromatic nitrogens is 1. The van der Waals surface area contributed by atoms with Crippen molar-refractivity contribution in [3.8, 4) is 22.3 Å². The molecule has 0 aliphatic heterocycles. The Bertz CT molecular complexity index is 1270. The van der Waals surface area contributed by atoms with Crippen LogP contribution in [-0.4, -0.2) is 9.67 Å². The molecule has 0 amide bonds. The smallest absolute Gasteiger partial charge is 0.0839 e. The monoisotopic (exact) mass is 388 g/mol. The minimum Gasteiger partial charge on any atom is -0.390 e. The van der Waals surface area contributed by atoms with Gasteiger partial charge < -0.3 is 9.67 Å². The number of benzene rings is 4. The average molecular weight is 388 g/mol. The molecule has 0 atom stereocenters. The predicted molar refractivity (Wildman–Crippen MR) is 123 cm³/mol. The summed E-state index contributed by atoms with van der Waals surface area (Å²) in [6.07, 6.45) is 0. The van der Waals surface area contributed by atoms with Gasteiger partial charge in [-0.2, -0.15) is 0 Å². The van der Waals surface area contributed by atoms with Gasteiger partial charge in [-0.05, 0) is 39.9 Å². The van der Waals surface area contributed by atoms with E-state index in [-0.39, 0.29) is 6.61 Å². The molecule has 0 spiro atoms. The van der Waals surface area contributed by atoms with Crippen LogP contribution in [0.15, 0.2) is 103 Å². The predicted octanol–water partition coefficient (Wildman–Crippen LogP) is 6.32. The quantitative estimate of drug-likeness (QED) is 0.375. The lowest BCUT2D eigenvalue weighted by Gasteiger charge is -2.10. The lowest BCUT2D eigenvalue weighted by Crippen LogP contribution is -2.04.